The van der Waals surface area contributed by atoms with Crippen molar-refractivity contribution in [1.29, 1.82) is 0 Å². The topological polar surface area (TPSA) is 82.1 Å². The molecule has 6 nitrogen and oxygen atoms in total. The third kappa shape index (κ3) is 5.29. The maximum atomic E-state index is 12.7. The molecule has 0 aliphatic carbocycles. The van der Waals surface area contributed by atoms with Crippen molar-refractivity contribution in [2.45, 2.75) is 26.2 Å². The number of esters is 1. The summed E-state index contributed by atoms with van der Waals surface area (Å²) in [4.78, 5) is 24.8. The SMILES string of the molecule is C=CCc1cc(CC(=O)Oc2c(OC)cc(CC=C)cc2C(C)=O)c(O)c(OC)c1. The number of rotatable bonds is 10. The molecule has 0 fully saturated rings. The van der Waals surface area contributed by atoms with Crippen molar-refractivity contribution in [3.05, 3.63) is 71.8 Å². The predicted molar refractivity (Wildman–Crippen MR) is 115 cm³/mol. The number of allylic oxidation sites excluding steroid dienone is 2. The third-order valence-corrected chi connectivity index (χ3v) is 4.46. The van der Waals surface area contributed by atoms with Gasteiger partial charge in [0.25, 0.3) is 0 Å². The molecule has 0 bridgehead atoms. The summed E-state index contributed by atoms with van der Waals surface area (Å²) >= 11 is 0. The van der Waals surface area contributed by atoms with E-state index in [1.807, 2.05) is 0 Å². The maximum absolute atomic E-state index is 12.7. The van der Waals surface area contributed by atoms with E-state index in [0.717, 1.165) is 11.1 Å². The van der Waals surface area contributed by atoms with Gasteiger partial charge in [0.05, 0.1) is 26.2 Å². The van der Waals surface area contributed by atoms with E-state index in [1.54, 1.807) is 36.4 Å². The lowest BCUT2D eigenvalue weighted by atomic mass is 10.0. The molecule has 0 radical (unpaired) electrons. The van der Waals surface area contributed by atoms with Crippen LogP contribution in [0.3, 0.4) is 0 Å². The van der Waals surface area contributed by atoms with Crippen LogP contribution in [0, 0.1) is 0 Å². The number of ketones is 1. The molecule has 0 saturated heterocycles. The van der Waals surface area contributed by atoms with Gasteiger partial charge in [0.2, 0.25) is 0 Å². The summed E-state index contributed by atoms with van der Waals surface area (Å²) in [6, 6.07) is 6.72. The van der Waals surface area contributed by atoms with Crippen LogP contribution in [-0.4, -0.2) is 31.1 Å². The molecule has 0 unspecified atom stereocenters. The van der Waals surface area contributed by atoms with Gasteiger partial charge < -0.3 is 19.3 Å². The molecule has 0 aliphatic heterocycles. The molecule has 0 aliphatic rings. The maximum Gasteiger partial charge on any atom is 0.315 e. The molecule has 0 aromatic heterocycles. The average molecular weight is 410 g/mol. The van der Waals surface area contributed by atoms with Crippen LogP contribution in [0.2, 0.25) is 0 Å². The molecule has 30 heavy (non-hydrogen) atoms. The Labute approximate surface area is 176 Å². The number of carbonyl (C=O) groups is 2. The van der Waals surface area contributed by atoms with E-state index >= 15 is 0 Å². The third-order valence-electron chi connectivity index (χ3n) is 4.46. The van der Waals surface area contributed by atoms with Gasteiger partial charge in [0.15, 0.2) is 28.8 Å². The molecule has 0 saturated carbocycles. The molecule has 6 heteroatoms. The molecule has 158 valence electrons. The molecule has 1 N–H and O–H groups in total. The van der Waals surface area contributed by atoms with Gasteiger partial charge in [-0.15, -0.1) is 13.2 Å². The fourth-order valence-corrected chi connectivity index (χ4v) is 3.07. The summed E-state index contributed by atoms with van der Waals surface area (Å²) in [6.07, 6.45) is 4.28. The van der Waals surface area contributed by atoms with Gasteiger partial charge in [-0.2, -0.15) is 0 Å². The molecule has 0 atom stereocenters. The van der Waals surface area contributed by atoms with Crippen molar-refractivity contribution in [2.24, 2.45) is 0 Å². The van der Waals surface area contributed by atoms with E-state index in [1.165, 1.54) is 21.1 Å². The van der Waals surface area contributed by atoms with Crippen molar-refractivity contribution < 1.29 is 28.9 Å². The van der Waals surface area contributed by atoms with Crippen LogP contribution >= 0.6 is 0 Å². The summed E-state index contributed by atoms with van der Waals surface area (Å²) in [5, 5.41) is 10.4. The number of aromatic hydroxyl groups is 1. The summed E-state index contributed by atoms with van der Waals surface area (Å²) in [7, 11) is 2.87. The number of Topliss-reactive ketones (excluding diaryl/α,β-unsaturated/α-hetero) is 1. The summed E-state index contributed by atoms with van der Waals surface area (Å²) < 4.78 is 16.0. The van der Waals surface area contributed by atoms with Crippen molar-refractivity contribution in [3.63, 3.8) is 0 Å². The summed E-state index contributed by atoms with van der Waals surface area (Å²) in [5.41, 5.74) is 2.23. The second-order valence-electron chi connectivity index (χ2n) is 6.67. The number of phenolic OH excluding ortho intramolecular Hbond substituents is 1. The first kappa shape index (κ1) is 22.7. The predicted octanol–water partition coefficient (Wildman–Crippen LogP) is 4.22. The van der Waals surface area contributed by atoms with Gasteiger partial charge in [-0.05, 0) is 49.1 Å². The molecule has 2 rings (SSSR count). The Balaban J connectivity index is 2.39. The number of benzene rings is 2. The van der Waals surface area contributed by atoms with Crippen molar-refractivity contribution in [2.75, 3.05) is 14.2 Å². The van der Waals surface area contributed by atoms with E-state index in [2.05, 4.69) is 13.2 Å². The minimum atomic E-state index is -0.652. The lowest BCUT2D eigenvalue weighted by Crippen LogP contribution is -2.15. The normalized spacial score (nSPS) is 10.2. The van der Waals surface area contributed by atoms with Gasteiger partial charge in [-0.1, -0.05) is 18.2 Å². The molecule has 0 heterocycles. The monoisotopic (exact) mass is 410 g/mol. The zero-order chi connectivity index (χ0) is 22.3. The van der Waals surface area contributed by atoms with Crippen LogP contribution in [0.4, 0.5) is 0 Å². The quantitative estimate of drug-likeness (QED) is 0.273. The van der Waals surface area contributed by atoms with E-state index < -0.39 is 5.97 Å². The van der Waals surface area contributed by atoms with Crippen LogP contribution in [0.25, 0.3) is 0 Å². The van der Waals surface area contributed by atoms with Crippen LogP contribution in [0.5, 0.6) is 23.0 Å². The number of methoxy groups -OCH3 is 2. The number of ether oxygens (including phenoxy) is 3. The zero-order valence-corrected chi connectivity index (χ0v) is 17.5. The minimum Gasteiger partial charge on any atom is -0.504 e. The first-order valence-electron chi connectivity index (χ1n) is 9.37. The Kier molecular flexibility index (Phi) is 7.81. The highest BCUT2D eigenvalue weighted by Gasteiger charge is 2.21. The van der Waals surface area contributed by atoms with Crippen LogP contribution < -0.4 is 14.2 Å². The standard InChI is InChI=1S/C24H26O6/c1-6-8-16-10-18(23(27)20(12-16)28-4)14-22(26)30-24-19(15(3)25)11-17(9-7-2)13-21(24)29-5/h6-7,10-13,27H,1-2,8-9,14H2,3-5H3. The number of carbonyl (C=O) groups excluding carboxylic acids is 2. The fraction of sp³-hybridized carbons (Fsp3) is 0.250. The van der Waals surface area contributed by atoms with Gasteiger partial charge >= 0.3 is 5.97 Å². The van der Waals surface area contributed by atoms with E-state index in [4.69, 9.17) is 14.2 Å². The Morgan fingerprint density at radius 2 is 1.53 bits per heavy atom. The first-order chi connectivity index (χ1) is 14.3. The van der Waals surface area contributed by atoms with E-state index in [-0.39, 0.29) is 40.8 Å². The van der Waals surface area contributed by atoms with Crippen LogP contribution in [-0.2, 0) is 24.1 Å². The Bertz CT molecular complexity index is 974. The number of hydrogen-bond acceptors (Lipinski definition) is 6. The van der Waals surface area contributed by atoms with Gasteiger partial charge in [0, 0.05) is 5.56 Å². The minimum absolute atomic E-state index is 0.0523. The largest absolute Gasteiger partial charge is 0.504 e. The van der Waals surface area contributed by atoms with Crippen molar-refractivity contribution >= 4 is 11.8 Å². The Morgan fingerprint density at radius 1 is 0.967 bits per heavy atom. The Morgan fingerprint density at radius 3 is 2.07 bits per heavy atom. The second-order valence-corrected chi connectivity index (χ2v) is 6.67. The molecule has 0 amide bonds. The molecule has 2 aromatic rings. The number of hydrogen-bond donors (Lipinski definition) is 1. The molecule has 0 spiro atoms. The molecule has 2 aromatic carbocycles. The zero-order valence-electron chi connectivity index (χ0n) is 17.5. The molecular formula is C24H26O6. The van der Waals surface area contributed by atoms with Crippen molar-refractivity contribution in [1.82, 2.24) is 0 Å². The van der Waals surface area contributed by atoms with Crippen LogP contribution in [0.15, 0.2) is 49.6 Å². The second kappa shape index (κ2) is 10.3. The van der Waals surface area contributed by atoms with Gasteiger partial charge in [-0.3, -0.25) is 9.59 Å². The van der Waals surface area contributed by atoms with E-state index in [0.29, 0.717) is 18.4 Å². The van der Waals surface area contributed by atoms with Gasteiger partial charge in [0.1, 0.15) is 0 Å². The highest BCUT2D eigenvalue weighted by molar-refractivity contribution is 5.99. The lowest BCUT2D eigenvalue weighted by Gasteiger charge is -2.15. The Hall–Kier alpha value is -3.54. The van der Waals surface area contributed by atoms with Gasteiger partial charge in [-0.25, -0.2) is 0 Å². The highest BCUT2D eigenvalue weighted by atomic mass is 16.6. The van der Waals surface area contributed by atoms with E-state index in [9.17, 15) is 14.7 Å². The number of phenols is 1. The lowest BCUT2D eigenvalue weighted by molar-refractivity contribution is -0.133. The van der Waals surface area contributed by atoms with Crippen molar-refractivity contribution in [3.8, 4) is 23.0 Å². The average Bonchev–Trinajstić information content (AvgIpc) is 2.71. The summed E-state index contributed by atoms with van der Waals surface area (Å²) in [6.45, 7) is 8.78. The first-order valence-corrected chi connectivity index (χ1v) is 9.37. The summed E-state index contributed by atoms with van der Waals surface area (Å²) in [5.74, 6) is -0.471. The fourth-order valence-electron chi connectivity index (χ4n) is 3.07. The smallest absolute Gasteiger partial charge is 0.315 e. The molecular weight excluding hydrogens is 384 g/mol. The highest BCUT2D eigenvalue weighted by Crippen LogP contribution is 2.35. The van der Waals surface area contributed by atoms with Crippen LogP contribution in [0.1, 0.15) is 34.0 Å².